The molecule has 1 aromatic heterocycles. The molecule has 2 heterocycles. The highest BCUT2D eigenvalue weighted by Crippen LogP contribution is 2.35. The van der Waals surface area contributed by atoms with Gasteiger partial charge in [0, 0.05) is 9.77 Å². The molecule has 0 N–H and O–H groups in total. The largest absolute Gasteiger partial charge is 0.493 e. The van der Waals surface area contributed by atoms with Gasteiger partial charge in [-0.25, -0.2) is 9.79 Å². The lowest BCUT2D eigenvalue weighted by molar-refractivity contribution is -0.136. The van der Waals surface area contributed by atoms with Crippen molar-refractivity contribution in [2.24, 2.45) is 4.99 Å². The molecule has 11 heteroatoms. The minimum Gasteiger partial charge on any atom is -0.493 e. The molecule has 0 radical (unpaired) electrons. The number of carbonyl (C=O) groups is 1. The van der Waals surface area contributed by atoms with Crippen LogP contribution in [-0.2, 0) is 16.1 Å². The van der Waals surface area contributed by atoms with Crippen molar-refractivity contribution >= 4 is 46.0 Å². The molecule has 0 unspecified atom stereocenters. The molecule has 0 fully saturated rings. The number of fused-ring (bicyclic) bond motifs is 1. The normalized spacial score (nSPS) is 14.2. The van der Waals surface area contributed by atoms with Crippen LogP contribution in [0.1, 0.15) is 36.6 Å². The van der Waals surface area contributed by atoms with E-state index in [2.05, 4.69) is 27.6 Å². The van der Waals surface area contributed by atoms with Gasteiger partial charge in [-0.15, -0.1) is 0 Å². The van der Waals surface area contributed by atoms with E-state index in [0.29, 0.717) is 57.7 Å². The number of methoxy groups -OCH3 is 2. The fourth-order valence-electron chi connectivity index (χ4n) is 4.77. The fourth-order valence-corrected chi connectivity index (χ4v) is 6.10. The number of benzene rings is 3. The van der Waals surface area contributed by atoms with Crippen LogP contribution in [-0.4, -0.2) is 38.0 Å². The first-order chi connectivity index (χ1) is 21.4. The van der Waals surface area contributed by atoms with Gasteiger partial charge in [0.1, 0.15) is 6.61 Å². The molecule has 0 saturated heterocycles. The van der Waals surface area contributed by atoms with Crippen molar-refractivity contribution in [3.8, 4) is 23.0 Å². The van der Waals surface area contributed by atoms with E-state index in [4.69, 9.17) is 23.7 Å². The second-order valence-electron chi connectivity index (χ2n) is 9.57. The van der Waals surface area contributed by atoms with Crippen LogP contribution >= 0.6 is 33.9 Å². The van der Waals surface area contributed by atoms with Crippen LogP contribution in [0.15, 0.2) is 82.2 Å². The summed E-state index contributed by atoms with van der Waals surface area (Å²) in [6.07, 6.45) is 3.24. The van der Waals surface area contributed by atoms with Gasteiger partial charge in [0.05, 0.1) is 43.6 Å². The number of esters is 1. The van der Waals surface area contributed by atoms with Crippen molar-refractivity contribution in [3.63, 3.8) is 0 Å². The van der Waals surface area contributed by atoms with Gasteiger partial charge in [-0.1, -0.05) is 35.6 Å². The smallest absolute Gasteiger partial charge is 0.337 e. The maximum absolute atomic E-state index is 13.9. The summed E-state index contributed by atoms with van der Waals surface area (Å²) in [5.41, 5.74) is 2.39. The van der Waals surface area contributed by atoms with Crippen LogP contribution in [0.4, 0.5) is 0 Å². The van der Waals surface area contributed by atoms with Crippen molar-refractivity contribution < 1.29 is 28.5 Å². The highest BCUT2D eigenvalue weighted by Gasteiger charge is 2.31. The Morgan fingerprint density at radius 2 is 1.64 bits per heavy atom. The third-order valence-electron chi connectivity index (χ3n) is 6.80. The Kier molecular flexibility index (Phi) is 10.1. The van der Waals surface area contributed by atoms with E-state index >= 15 is 0 Å². The summed E-state index contributed by atoms with van der Waals surface area (Å²) in [6, 6.07) is 18.2. The Morgan fingerprint density at radius 1 is 0.932 bits per heavy atom. The Balaban J connectivity index is 1.53. The summed E-state index contributed by atoms with van der Waals surface area (Å²) in [5.74, 6) is 1.65. The second-order valence-corrected chi connectivity index (χ2v) is 11.8. The van der Waals surface area contributed by atoms with Crippen LogP contribution in [0.25, 0.3) is 6.08 Å². The topological polar surface area (TPSA) is 97.6 Å². The standard InChI is InChI=1S/C33H31IN2O7S/c1-5-41-26-14-10-22(17-28(26)42-6-2)30-24(32(38)40-4)18-35-33-36(30)31(37)29(44-33)16-21-9-13-25(27(15-21)39-3)43-19-20-7-11-23(34)12-8-20/h7-18,30H,5-6,19H2,1-4H3/b29-16-/t30-/m0/s1. The number of hydrogen-bond donors (Lipinski definition) is 0. The van der Waals surface area contributed by atoms with Gasteiger partial charge in [0.25, 0.3) is 5.56 Å². The monoisotopic (exact) mass is 726 g/mol. The first kappa shape index (κ1) is 31.3. The van der Waals surface area contributed by atoms with Crippen LogP contribution in [0.2, 0.25) is 0 Å². The summed E-state index contributed by atoms with van der Waals surface area (Å²) >= 11 is 3.50. The molecule has 228 valence electrons. The molecule has 0 spiro atoms. The van der Waals surface area contributed by atoms with E-state index in [1.807, 2.05) is 62.4 Å². The summed E-state index contributed by atoms with van der Waals surface area (Å²) < 4.78 is 31.3. The van der Waals surface area contributed by atoms with Crippen LogP contribution in [0, 0.1) is 3.57 Å². The maximum atomic E-state index is 13.9. The van der Waals surface area contributed by atoms with Crippen molar-refractivity contribution in [2.75, 3.05) is 27.4 Å². The molecule has 3 aromatic carbocycles. The Hall–Kier alpha value is -4.10. The summed E-state index contributed by atoms with van der Waals surface area (Å²) in [4.78, 5) is 31.7. The molecule has 1 atom stereocenters. The number of hydrogen-bond acceptors (Lipinski definition) is 9. The number of ether oxygens (including phenoxy) is 5. The number of rotatable bonds is 11. The summed E-state index contributed by atoms with van der Waals surface area (Å²) in [6.45, 7) is 5.05. The zero-order valence-electron chi connectivity index (χ0n) is 24.7. The fraction of sp³-hybridized carbons (Fsp3) is 0.242. The third kappa shape index (κ3) is 6.68. The molecule has 0 saturated carbocycles. The number of thiazole rings is 1. The lowest BCUT2D eigenvalue weighted by Gasteiger charge is -2.23. The second kappa shape index (κ2) is 14.1. The predicted molar refractivity (Wildman–Crippen MR) is 176 cm³/mol. The van der Waals surface area contributed by atoms with E-state index in [0.717, 1.165) is 14.7 Å². The molecular weight excluding hydrogens is 695 g/mol. The van der Waals surface area contributed by atoms with Gasteiger partial charge in [-0.3, -0.25) is 9.36 Å². The van der Waals surface area contributed by atoms with E-state index in [1.54, 1.807) is 25.3 Å². The molecule has 5 rings (SSSR count). The highest BCUT2D eigenvalue weighted by atomic mass is 127. The van der Waals surface area contributed by atoms with Gasteiger partial charge in [-0.05, 0) is 95.6 Å². The molecule has 4 aromatic rings. The van der Waals surface area contributed by atoms with E-state index in [9.17, 15) is 9.59 Å². The van der Waals surface area contributed by atoms with Gasteiger partial charge < -0.3 is 23.7 Å². The lowest BCUT2D eigenvalue weighted by Crippen LogP contribution is -2.39. The molecule has 0 amide bonds. The molecule has 1 aliphatic rings. The average Bonchev–Trinajstić information content (AvgIpc) is 3.35. The van der Waals surface area contributed by atoms with E-state index in [1.165, 1.54) is 29.2 Å². The molecule has 44 heavy (non-hydrogen) atoms. The van der Waals surface area contributed by atoms with Crippen molar-refractivity contribution in [2.45, 2.75) is 26.5 Å². The first-order valence-corrected chi connectivity index (χ1v) is 15.8. The lowest BCUT2D eigenvalue weighted by atomic mass is 9.97. The molecule has 1 aliphatic heterocycles. The Bertz CT molecular complexity index is 1880. The Morgan fingerprint density at radius 3 is 2.34 bits per heavy atom. The zero-order chi connectivity index (χ0) is 31.2. The minimum absolute atomic E-state index is 0.231. The highest BCUT2D eigenvalue weighted by molar-refractivity contribution is 14.1. The minimum atomic E-state index is -0.776. The van der Waals surface area contributed by atoms with Crippen LogP contribution in [0.3, 0.4) is 0 Å². The number of halogens is 1. The molecule has 0 aliphatic carbocycles. The zero-order valence-corrected chi connectivity index (χ0v) is 27.6. The number of nitrogens with zero attached hydrogens (tertiary/aromatic N) is 2. The SMILES string of the molecule is CCOc1ccc([C@H]2C(C(=O)OC)=CN=c3s/c(=C\c4ccc(OCc5ccc(I)cc5)c(OC)c4)c(=O)n32)cc1OCC. The van der Waals surface area contributed by atoms with Gasteiger partial charge in [0.2, 0.25) is 0 Å². The van der Waals surface area contributed by atoms with E-state index in [-0.39, 0.29) is 11.1 Å². The van der Waals surface area contributed by atoms with Gasteiger partial charge in [-0.2, -0.15) is 0 Å². The van der Waals surface area contributed by atoms with Crippen molar-refractivity contribution in [1.82, 2.24) is 4.57 Å². The van der Waals surface area contributed by atoms with Crippen LogP contribution < -0.4 is 33.8 Å². The molecule has 0 bridgehead atoms. The molecular formula is C33H31IN2O7S. The average molecular weight is 727 g/mol. The van der Waals surface area contributed by atoms with Crippen LogP contribution in [0.5, 0.6) is 23.0 Å². The van der Waals surface area contributed by atoms with Crippen molar-refractivity contribution in [1.29, 1.82) is 0 Å². The summed E-state index contributed by atoms with van der Waals surface area (Å²) in [7, 11) is 2.88. The molecule has 9 nitrogen and oxygen atoms in total. The number of aromatic nitrogens is 1. The third-order valence-corrected chi connectivity index (χ3v) is 8.52. The van der Waals surface area contributed by atoms with E-state index < -0.39 is 12.0 Å². The first-order valence-electron chi connectivity index (χ1n) is 13.9. The summed E-state index contributed by atoms with van der Waals surface area (Å²) in [5, 5.41) is 0. The Labute approximate surface area is 272 Å². The predicted octanol–water partition coefficient (Wildman–Crippen LogP) is 5.01. The maximum Gasteiger partial charge on any atom is 0.337 e. The van der Waals surface area contributed by atoms with Gasteiger partial charge >= 0.3 is 5.97 Å². The van der Waals surface area contributed by atoms with Crippen molar-refractivity contribution in [3.05, 3.63) is 112 Å². The van der Waals surface area contributed by atoms with Gasteiger partial charge in [0.15, 0.2) is 27.8 Å². The number of carbonyl (C=O) groups excluding carboxylic acids is 1. The quantitative estimate of drug-likeness (QED) is 0.159.